The van der Waals surface area contributed by atoms with E-state index in [2.05, 4.69) is 24.1 Å². The first-order valence-electron chi connectivity index (χ1n) is 8.76. The van der Waals surface area contributed by atoms with Gasteiger partial charge >= 0.3 is 0 Å². The molecule has 2 aliphatic rings. The highest BCUT2D eigenvalue weighted by Crippen LogP contribution is 2.37. The Kier molecular flexibility index (Phi) is 6.31. The van der Waals surface area contributed by atoms with Gasteiger partial charge in [0, 0.05) is 31.2 Å². The molecule has 0 spiro atoms. The van der Waals surface area contributed by atoms with Crippen molar-refractivity contribution in [2.45, 2.75) is 64.8 Å². The average Bonchev–Trinajstić information content (AvgIpc) is 2.95. The number of piperidine rings is 1. The van der Waals surface area contributed by atoms with Gasteiger partial charge in [0.05, 0.1) is 0 Å². The second-order valence-electron chi connectivity index (χ2n) is 7.24. The van der Waals surface area contributed by atoms with E-state index in [4.69, 9.17) is 0 Å². The van der Waals surface area contributed by atoms with Gasteiger partial charge in [0.1, 0.15) is 0 Å². The quantitative estimate of drug-likeness (QED) is 0.753. The van der Waals surface area contributed by atoms with Crippen molar-refractivity contribution in [1.29, 1.82) is 0 Å². The lowest BCUT2D eigenvalue weighted by Gasteiger charge is -2.37. The van der Waals surface area contributed by atoms with Crippen molar-refractivity contribution in [3.63, 3.8) is 0 Å². The number of hydrogen-bond donors (Lipinski definition) is 2. The molecule has 0 aromatic heterocycles. The maximum Gasteiger partial charge on any atom is 0.0499 e. The Morgan fingerprint density at radius 1 is 1.30 bits per heavy atom. The van der Waals surface area contributed by atoms with E-state index in [1.807, 2.05) is 0 Å². The van der Waals surface area contributed by atoms with Crippen LogP contribution in [0, 0.1) is 11.3 Å². The maximum atomic E-state index is 9.70. The Balaban J connectivity index is 1.77. The third kappa shape index (κ3) is 4.19. The number of aliphatic hydroxyl groups excluding tert-OH is 1. The van der Waals surface area contributed by atoms with Crippen LogP contribution in [0.3, 0.4) is 0 Å². The zero-order valence-corrected chi connectivity index (χ0v) is 13.5. The van der Waals surface area contributed by atoms with Crippen LogP contribution >= 0.6 is 0 Å². The van der Waals surface area contributed by atoms with Crippen molar-refractivity contribution in [2.24, 2.45) is 11.3 Å². The number of likely N-dealkylation sites (tertiary alicyclic amines) is 1. The summed E-state index contributed by atoms with van der Waals surface area (Å²) in [6.45, 7) is 9.79. The molecule has 20 heavy (non-hydrogen) atoms. The molecule has 1 saturated carbocycles. The molecule has 2 atom stereocenters. The molecule has 0 radical (unpaired) electrons. The van der Waals surface area contributed by atoms with Crippen molar-refractivity contribution in [1.82, 2.24) is 10.2 Å². The van der Waals surface area contributed by atoms with Gasteiger partial charge in [0.15, 0.2) is 0 Å². The van der Waals surface area contributed by atoms with Gasteiger partial charge in [-0.1, -0.05) is 19.8 Å². The first-order valence-corrected chi connectivity index (χ1v) is 8.76. The first-order chi connectivity index (χ1) is 9.69. The molecular weight excluding hydrogens is 248 g/mol. The second kappa shape index (κ2) is 7.77. The smallest absolute Gasteiger partial charge is 0.0499 e. The number of nitrogens with one attached hydrogen (secondary N) is 1. The topological polar surface area (TPSA) is 35.5 Å². The Hall–Kier alpha value is -0.120. The van der Waals surface area contributed by atoms with E-state index in [0.717, 1.165) is 12.5 Å². The molecule has 3 nitrogen and oxygen atoms in total. The molecule has 1 aliphatic carbocycles. The van der Waals surface area contributed by atoms with Gasteiger partial charge in [-0.05, 0) is 58.0 Å². The minimum absolute atomic E-state index is 0.187. The van der Waals surface area contributed by atoms with Crippen LogP contribution < -0.4 is 5.32 Å². The summed E-state index contributed by atoms with van der Waals surface area (Å²) < 4.78 is 0. The van der Waals surface area contributed by atoms with Crippen molar-refractivity contribution in [2.75, 3.05) is 32.8 Å². The Morgan fingerprint density at radius 2 is 2.05 bits per heavy atom. The molecule has 0 aromatic carbocycles. The van der Waals surface area contributed by atoms with Crippen LogP contribution in [-0.2, 0) is 0 Å². The van der Waals surface area contributed by atoms with Crippen LogP contribution in [0.5, 0.6) is 0 Å². The van der Waals surface area contributed by atoms with Gasteiger partial charge in [-0.15, -0.1) is 0 Å². The second-order valence-corrected chi connectivity index (χ2v) is 7.24. The zero-order chi connectivity index (χ0) is 14.4. The summed E-state index contributed by atoms with van der Waals surface area (Å²) >= 11 is 0. The number of rotatable bonds is 7. The minimum Gasteiger partial charge on any atom is -0.396 e. The molecule has 3 heteroatoms. The van der Waals surface area contributed by atoms with E-state index in [0.29, 0.717) is 12.6 Å². The molecule has 2 unspecified atom stereocenters. The Labute approximate surface area is 125 Å². The first kappa shape index (κ1) is 16.3. The van der Waals surface area contributed by atoms with Crippen LogP contribution in [0.15, 0.2) is 0 Å². The van der Waals surface area contributed by atoms with Crippen LogP contribution in [0.1, 0.15) is 58.8 Å². The third-order valence-electron chi connectivity index (χ3n) is 5.59. The van der Waals surface area contributed by atoms with Gasteiger partial charge in [-0.3, -0.25) is 0 Å². The number of nitrogens with zero attached hydrogens (tertiary/aromatic N) is 1. The third-order valence-corrected chi connectivity index (χ3v) is 5.59. The summed E-state index contributed by atoms with van der Waals surface area (Å²) in [5.74, 6) is 0.785. The lowest BCUT2D eigenvalue weighted by Crippen LogP contribution is -2.47. The predicted octanol–water partition coefficient (Wildman–Crippen LogP) is 2.64. The zero-order valence-electron chi connectivity index (χ0n) is 13.5. The maximum absolute atomic E-state index is 9.70. The predicted molar refractivity (Wildman–Crippen MR) is 84.9 cm³/mol. The van der Waals surface area contributed by atoms with E-state index in [9.17, 15) is 5.11 Å². The lowest BCUT2D eigenvalue weighted by molar-refractivity contribution is 0.109. The van der Waals surface area contributed by atoms with Gasteiger partial charge in [0.25, 0.3) is 0 Å². The Bertz CT molecular complexity index is 274. The molecule has 1 aliphatic heterocycles. The molecule has 2 fully saturated rings. The van der Waals surface area contributed by atoms with Gasteiger partial charge < -0.3 is 15.3 Å². The van der Waals surface area contributed by atoms with Crippen LogP contribution in [-0.4, -0.2) is 48.8 Å². The highest BCUT2D eigenvalue weighted by atomic mass is 16.3. The average molecular weight is 282 g/mol. The van der Waals surface area contributed by atoms with Crippen LogP contribution in [0.2, 0.25) is 0 Å². The normalized spacial score (nSPS) is 28.6. The number of hydrogen-bond acceptors (Lipinski definition) is 3. The van der Waals surface area contributed by atoms with Crippen molar-refractivity contribution >= 4 is 0 Å². The van der Waals surface area contributed by atoms with E-state index < -0.39 is 0 Å². The van der Waals surface area contributed by atoms with Crippen molar-refractivity contribution in [3.05, 3.63) is 0 Å². The fourth-order valence-corrected chi connectivity index (χ4v) is 4.08. The van der Waals surface area contributed by atoms with Crippen molar-refractivity contribution in [3.8, 4) is 0 Å². The summed E-state index contributed by atoms with van der Waals surface area (Å²) in [7, 11) is 0. The van der Waals surface area contributed by atoms with E-state index in [1.165, 1.54) is 64.6 Å². The molecule has 2 N–H and O–H groups in total. The molecule has 1 saturated heterocycles. The fourth-order valence-electron chi connectivity index (χ4n) is 4.08. The molecule has 2 rings (SSSR count). The summed E-state index contributed by atoms with van der Waals surface area (Å²) in [5.41, 5.74) is 0.187. The molecule has 118 valence electrons. The summed E-state index contributed by atoms with van der Waals surface area (Å²) in [5, 5.41) is 13.5. The summed E-state index contributed by atoms with van der Waals surface area (Å²) in [4.78, 5) is 2.63. The molecule has 1 heterocycles. The van der Waals surface area contributed by atoms with E-state index in [-0.39, 0.29) is 5.41 Å². The van der Waals surface area contributed by atoms with Crippen LogP contribution in [0.25, 0.3) is 0 Å². The van der Waals surface area contributed by atoms with Crippen LogP contribution in [0.4, 0.5) is 0 Å². The van der Waals surface area contributed by atoms with Gasteiger partial charge in [-0.25, -0.2) is 0 Å². The van der Waals surface area contributed by atoms with Gasteiger partial charge in [0.2, 0.25) is 0 Å². The summed E-state index contributed by atoms with van der Waals surface area (Å²) in [6, 6.07) is 0.582. The largest absolute Gasteiger partial charge is 0.396 e. The molecular formula is C17H34N2O. The standard InChI is InChI=1S/C17H34N2O/c1-3-10-19-11-6-7-16(12-19)15(2)18-13-17(14-20)8-4-5-9-17/h15-16,18,20H,3-14H2,1-2H3. The van der Waals surface area contributed by atoms with E-state index in [1.54, 1.807) is 0 Å². The highest BCUT2D eigenvalue weighted by molar-refractivity contribution is 4.88. The van der Waals surface area contributed by atoms with Crippen molar-refractivity contribution < 1.29 is 5.11 Å². The fraction of sp³-hybridized carbons (Fsp3) is 1.00. The van der Waals surface area contributed by atoms with E-state index >= 15 is 0 Å². The lowest BCUT2D eigenvalue weighted by atomic mass is 9.85. The summed E-state index contributed by atoms with van der Waals surface area (Å²) in [6.07, 6.45) is 8.98. The molecule has 0 amide bonds. The monoisotopic (exact) mass is 282 g/mol. The Morgan fingerprint density at radius 3 is 2.70 bits per heavy atom. The molecule has 0 aromatic rings. The highest BCUT2D eigenvalue weighted by Gasteiger charge is 2.34. The minimum atomic E-state index is 0.187. The number of aliphatic hydroxyl groups is 1. The SMILES string of the molecule is CCCN1CCCC(C(C)NCC2(CO)CCCC2)C1. The molecule has 0 bridgehead atoms. The van der Waals surface area contributed by atoms with Gasteiger partial charge in [-0.2, -0.15) is 0 Å².